The Balaban J connectivity index is 1.61. The summed E-state index contributed by atoms with van der Waals surface area (Å²) in [7, 11) is 0. The summed E-state index contributed by atoms with van der Waals surface area (Å²) in [5.41, 5.74) is 4.28. The Bertz CT molecular complexity index is 1570. The van der Waals surface area contributed by atoms with Crippen molar-refractivity contribution >= 4 is 44.8 Å². The lowest BCUT2D eigenvalue weighted by atomic mass is 10.2. The molecule has 33 heavy (non-hydrogen) atoms. The van der Waals surface area contributed by atoms with Crippen molar-refractivity contribution in [3.8, 4) is 0 Å². The first-order valence-corrected chi connectivity index (χ1v) is 11.5. The van der Waals surface area contributed by atoms with Crippen LogP contribution in [-0.2, 0) is 17.8 Å². The summed E-state index contributed by atoms with van der Waals surface area (Å²) < 4.78 is 9.60. The molecule has 0 spiro atoms. The number of fused-ring (bicyclic) bond motifs is 4. The molecule has 0 amide bonds. The van der Waals surface area contributed by atoms with Crippen LogP contribution in [0.25, 0.3) is 33.2 Å². The fraction of sp³-hybridized carbons (Fsp3) is 0.280. The minimum Gasteiger partial charge on any atom is -0.376 e. The predicted molar refractivity (Wildman–Crippen MR) is 129 cm³/mol. The van der Waals surface area contributed by atoms with Crippen LogP contribution < -0.4 is 5.56 Å². The number of benzene rings is 2. The molecule has 0 aliphatic carbocycles. The third-order valence-corrected chi connectivity index (χ3v) is 6.56. The molecule has 3 aromatic heterocycles. The number of aromatic nitrogens is 5. The highest BCUT2D eigenvalue weighted by Gasteiger charge is 2.24. The van der Waals surface area contributed by atoms with Gasteiger partial charge in [0, 0.05) is 11.6 Å². The third-order valence-electron chi connectivity index (χ3n) is 6.31. The summed E-state index contributed by atoms with van der Waals surface area (Å²) >= 11 is 6.03. The molecule has 0 N–H and O–H groups in total. The monoisotopic (exact) mass is 459 g/mol. The fourth-order valence-corrected chi connectivity index (χ4v) is 4.75. The van der Waals surface area contributed by atoms with Gasteiger partial charge in [-0.3, -0.25) is 9.36 Å². The average molecular weight is 460 g/mol. The van der Waals surface area contributed by atoms with Gasteiger partial charge in [0.1, 0.15) is 16.7 Å². The molecule has 1 atom stereocenters. The lowest BCUT2D eigenvalue weighted by molar-refractivity contribution is 0.0987. The second kappa shape index (κ2) is 7.93. The smallest absolute Gasteiger partial charge is 0.265 e. The molecule has 1 fully saturated rings. The molecule has 1 aliphatic heterocycles. The summed E-state index contributed by atoms with van der Waals surface area (Å²) in [6, 6.07) is 15.2. The van der Waals surface area contributed by atoms with Gasteiger partial charge in [-0.05, 0) is 49.6 Å². The van der Waals surface area contributed by atoms with Crippen molar-refractivity contribution in [3.05, 3.63) is 75.3 Å². The summed E-state index contributed by atoms with van der Waals surface area (Å²) in [5, 5.41) is 1.16. The average Bonchev–Trinajstić information content (AvgIpc) is 3.43. The van der Waals surface area contributed by atoms with E-state index in [1.807, 2.05) is 60.0 Å². The number of rotatable bonds is 4. The summed E-state index contributed by atoms with van der Waals surface area (Å²) in [5.74, 6) is 0.642. The van der Waals surface area contributed by atoms with Crippen LogP contribution >= 0.6 is 11.6 Å². The largest absolute Gasteiger partial charge is 0.376 e. The first-order valence-electron chi connectivity index (χ1n) is 11.1. The van der Waals surface area contributed by atoms with Crippen LogP contribution in [-0.4, -0.2) is 36.8 Å². The second-order valence-electron chi connectivity index (χ2n) is 8.51. The number of para-hydroxylation sites is 2. The number of ether oxygens (including phenoxy) is 1. The molecular weight excluding hydrogens is 438 g/mol. The van der Waals surface area contributed by atoms with Crippen LogP contribution in [0.4, 0.5) is 0 Å². The Kier molecular flexibility index (Phi) is 4.89. The molecule has 2 aromatic carbocycles. The van der Waals surface area contributed by atoms with Crippen molar-refractivity contribution in [2.75, 3.05) is 6.61 Å². The van der Waals surface area contributed by atoms with Crippen LogP contribution in [0.3, 0.4) is 0 Å². The Morgan fingerprint density at radius 1 is 1.00 bits per heavy atom. The Labute approximate surface area is 194 Å². The molecule has 0 radical (unpaired) electrons. The van der Waals surface area contributed by atoms with Gasteiger partial charge in [0.15, 0.2) is 11.3 Å². The highest BCUT2D eigenvalue weighted by Crippen LogP contribution is 2.27. The van der Waals surface area contributed by atoms with Gasteiger partial charge >= 0.3 is 0 Å². The zero-order chi connectivity index (χ0) is 22.5. The molecule has 0 saturated carbocycles. The van der Waals surface area contributed by atoms with E-state index >= 15 is 0 Å². The van der Waals surface area contributed by atoms with Crippen molar-refractivity contribution in [3.63, 3.8) is 0 Å². The maximum atomic E-state index is 13.8. The van der Waals surface area contributed by atoms with Gasteiger partial charge in [0.05, 0.1) is 30.2 Å². The molecule has 7 nitrogen and oxygen atoms in total. The van der Waals surface area contributed by atoms with E-state index in [0.717, 1.165) is 36.0 Å². The standard InChI is InChI=1S/C25H22ClN5O2/c1-15-27-23-21(25(32)30(15)13-16-8-10-17(26)11-9-16)22-24(31(23)14-18-5-4-12-33-18)29-20-7-3-2-6-19(20)28-22/h2-3,6-11,18H,4-5,12-14H2,1H3/t18-/m0/s1. The fourth-order valence-electron chi connectivity index (χ4n) is 4.62. The first-order chi connectivity index (χ1) is 16.1. The number of hydrogen-bond donors (Lipinski definition) is 0. The molecular formula is C25H22ClN5O2. The molecule has 0 unspecified atom stereocenters. The molecule has 0 bridgehead atoms. The van der Waals surface area contributed by atoms with Gasteiger partial charge in [-0.2, -0.15) is 0 Å². The Morgan fingerprint density at radius 3 is 2.48 bits per heavy atom. The van der Waals surface area contributed by atoms with E-state index in [2.05, 4.69) is 0 Å². The van der Waals surface area contributed by atoms with E-state index in [0.29, 0.717) is 46.1 Å². The molecule has 5 aromatic rings. The normalized spacial score (nSPS) is 16.4. The summed E-state index contributed by atoms with van der Waals surface area (Å²) in [6.45, 7) is 3.63. The van der Waals surface area contributed by atoms with Gasteiger partial charge < -0.3 is 9.30 Å². The predicted octanol–water partition coefficient (Wildman–Crippen LogP) is 4.48. The van der Waals surface area contributed by atoms with Crippen LogP contribution in [0, 0.1) is 6.92 Å². The highest BCUT2D eigenvalue weighted by atomic mass is 35.5. The van der Waals surface area contributed by atoms with Crippen LogP contribution in [0.1, 0.15) is 24.2 Å². The van der Waals surface area contributed by atoms with Crippen molar-refractivity contribution in [1.82, 2.24) is 24.1 Å². The molecule has 6 rings (SSSR count). The molecule has 8 heteroatoms. The van der Waals surface area contributed by atoms with Crippen LogP contribution in [0.5, 0.6) is 0 Å². The number of hydrogen-bond acceptors (Lipinski definition) is 5. The molecule has 1 saturated heterocycles. The van der Waals surface area contributed by atoms with Crippen molar-refractivity contribution < 1.29 is 4.74 Å². The maximum absolute atomic E-state index is 13.8. The van der Waals surface area contributed by atoms with Gasteiger partial charge in [-0.1, -0.05) is 35.9 Å². The zero-order valence-corrected chi connectivity index (χ0v) is 18.9. The lowest BCUT2D eigenvalue weighted by Crippen LogP contribution is -2.25. The Morgan fingerprint density at radius 2 is 1.76 bits per heavy atom. The van der Waals surface area contributed by atoms with Gasteiger partial charge in [-0.25, -0.2) is 15.0 Å². The van der Waals surface area contributed by atoms with Crippen molar-refractivity contribution in [2.45, 2.75) is 39.0 Å². The van der Waals surface area contributed by atoms with Crippen LogP contribution in [0.2, 0.25) is 5.02 Å². The second-order valence-corrected chi connectivity index (χ2v) is 8.94. The van der Waals surface area contributed by atoms with Crippen molar-refractivity contribution in [2.24, 2.45) is 0 Å². The molecule has 1 aliphatic rings. The summed E-state index contributed by atoms with van der Waals surface area (Å²) in [6.07, 6.45) is 2.10. The van der Waals surface area contributed by atoms with E-state index in [-0.39, 0.29) is 11.7 Å². The van der Waals surface area contributed by atoms with Gasteiger partial charge in [0.25, 0.3) is 5.56 Å². The van der Waals surface area contributed by atoms with Gasteiger partial charge in [0.2, 0.25) is 0 Å². The number of aryl methyl sites for hydroxylation is 1. The van der Waals surface area contributed by atoms with Crippen LogP contribution in [0.15, 0.2) is 53.3 Å². The SMILES string of the molecule is Cc1nc2c(c(=O)n1Cc1ccc(Cl)cc1)c1nc3ccccc3nc1n2C[C@@H]1CCCO1. The summed E-state index contributed by atoms with van der Waals surface area (Å²) in [4.78, 5) is 28.4. The minimum absolute atomic E-state index is 0.0793. The minimum atomic E-state index is -0.117. The first kappa shape index (κ1) is 20.3. The lowest BCUT2D eigenvalue weighted by Gasteiger charge is -2.13. The van der Waals surface area contributed by atoms with E-state index < -0.39 is 0 Å². The Hall–Kier alpha value is -3.29. The van der Waals surface area contributed by atoms with Crippen molar-refractivity contribution in [1.29, 1.82) is 0 Å². The number of nitrogens with zero attached hydrogens (tertiary/aromatic N) is 5. The highest BCUT2D eigenvalue weighted by molar-refractivity contribution is 6.30. The van der Waals surface area contributed by atoms with E-state index in [9.17, 15) is 4.79 Å². The molecule has 166 valence electrons. The maximum Gasteiger partial charge on any atom is 0.265 e. The van der Waals surface area contributed by atoms with E-state index in [1.165, 1.54) is 0 Å². The zero-order valence-electron chi connectivity index (χ0n) is 18.2. The third kappa shape index (κ3) is 3.48. The van der Waals surface area contributed by atoms with Gasteiger partial charge in [-0.15, -0.1) is 0 Å². The molecule has 4 heterocycles. The topological polar surface area (TPSA) is 74.8 Å². The van der Waals surface area contributed by atoms with E-state index in [1.54, 1.807) is 4.57 Å². The number of halogens is 1. The van der Waals surface area contributed by atoms with E-state index in [4.69, 9.17) is 31.3 Å². The quantitative estimate of drug-likeness (QED) is 0.396.